The number of phenols is 1. The maximum absolute atomic E-state index is 14.5. The molecule has 6 N–H and O–H groups in total. The van der Waals surface area contributed by atoms with Crippen molar-refractivity contribution >= 4 is 46.2 Å². The van der Waals surface area contributed by atoms with Crippen LogP contribution >= 0.6 is 22.7 Å². The van der Waals surface area contributed by atoms with Crippen LogP contribution in [0.25, 0.3) is 15.8 Å². The van der Waals surface area contributed by atoms with Crippen molar-refractivity contribution in [3.8, 4) is 39.2 Å². The van der Waals surface area contributed by atoms with Crippen LogP contribution in [-0.4, -0.2) is 47.2 Å². The van der Waals surface area contributed by atoms with Gasteiger partial charge < -0.3 is 26.6 Å². The number of phenolic OH excluding ortho intramolecular Hbond substituents is 1. The van der Waals surface area contributed by atoms with Gasteiger partial charge >= 0.3 is 0 Å². The minimum absolute atomic E-state index is 0.0319. The molecule has 2 aromatic heterocycles. The first-order valence-corrected chi connectivity index (χ1v) is 19.0. The number of aliphatic hydroxyl groups is 1. The van der Waals surface area contributed by atoms with Crippen LogP contribution in [-0.2, 0) is 6.42 Å². The minimum atomic E-state index is -0.606. The van der Waals surface area contributed by atoms with Gasteiger partial charge in [0, 0.05) is 40.7 Å². The van der Waals surface area contributed by atoms with Crippen LogP contribution in [0.2, 0.25) is 0 Å². The van der Waals surface area contributed by atoms with Crippen molar-refractivity contribution in [3.63, 3.8) is 0 Å². The monoisotopic (exact) mass is 692 g/mol. The highest BCUT2D eigenvalue weighted by Crippen LogP contribution is 2.58. The van der Waals surface area contributed by atoms with Crippen molar-refractivity contribution in [1.82, 2.24) is 5.32 Å². The van der Waals surface area contributed by atoms with E-state index in [2.05, 4.69) is 57.5 Å². The van der Waals surface area contributed by atoms with E-state index in [1.165, 1.54) is 0 Å². The summed E-state index contributed by atoms with van der Waals surface area (Å²) in [5.41, 5.74) is 9.51. The fourth-order valence-electron chi connectivity index (χ4n) is 8.76. The number of guanidine groups is 1. The molecule has 4 aliphatic rings. The molecule has 7 rings (SSSR count). The van der Waals surface area contributed by atoms with Crippen LogP contribution in [0.15, 0.2) is 41.4 Å². The van der Waals surface area contributed by atoms with Gasteiger partial charge in [-0.15, -0.1) is 28.6 Å². The first-order chi connectivity index (χ1) is 23.7. The molecule has 1 aromatic carbocycles. The number of aliphatic hydroxyl groups excluding tert-OH is 1. The van der Waals surface area contributed by atoms with Crippen molar-refractivity contribution < 1.29 is 15.0 Å². The summed E-state index contributed by atoms with van der Waals surface area (Å²) in [5, 5.41) is 28.6. The summed E-state index contributed by atoms with van der Waals surface area (Å²) in [4.78, 5) is 22.9. The third-order valence-corrected chi connectivity index (χ3v) is 13.5. The number of fused-ring (bicyclic) bond motifs is 5. The molecule has 7 atom stereocenters. The Balaban J connectivity index is 1.23. The first-order valence-electron chi connectivity index (χ1n) is 17.3. The molecule has 7 nitrogen and oxygen atoms in total. The number of hydrogen-bond acceptors (Lipinski definition) is 7. The number of anilines is 1. The van der Waals surface area contributed by atoms with Crippen molar-refractivity contribution in [2.24, 2.45) is 33.9 Å². The highest BCUT2D eigenvalue weighted by atomic mass is 32.1. The molecule has 0 unspecified atom stereocenters. The minimum Gasteiger partial charge on any atom is -0.507 e. The van der Waals surface area contributed by atoms with Crippen LogP contribution in [0.4, 0.5) is 5.69 Å². The van der Waals surface area contributed by atoms with E-state index in [0.29, 0.717) is 23.9 Å². The van der Waals surface area contributed by atoms with Crippen LogP contribution in [0.1, 0.15) is 90.0 Å². The van der Waals surface area contributed by atoms with E-state index < -0.39 is 6.10 Å². The summed E-state index contributed by atoms with van der Waals surface area (Å²) < 4.78 is 0. The zero-order valence-corrected chi connectivity index (χ0v) is 29.9. The summed E-state index contributed by atoms with van der Waals surface area (Å²) in [6.45, 7) is 3.61. The van der Waals surface area contributed by atoms with Gasteiger partial charge in [0.2, 0.25) is 0 Å². The zero-order chi connectivity index (χ0) is 34.3. The number of aromatic hydroxyl groups is 1. The quantitative estimate of drug-likeness (QED) is 0.0848. The third kappa shape index (κ3) is 6.53. The molecule has 9 heteroatoms. The number of carbonyl (C=O) groups is 1. The van der Waals surface area contributed by atoms with Gasteiger partial charge in [-0.1, -0.05) is 29.9 Å². The summed E-state index contributed by atoms with van der Waals surface area (Å²) >= 11 is 3.28. The predicted molar refractivity (Wildman–Crippen MR) is 201 cm³/mol. The van der Waals surface area contributed by atoms with Crippen molar-refractivity contribution in [3.05, 3.63) is 62.9 Å². The van der Waals surface area contributed by atoms with E-state index in [0.717, 1.165) is 81.3 Å². The number of nitrogens with two attached hydrogens (primary N) is 1. The normalized spacial score (nSPS) is 27.8. The van der Waals surface area contributed by atoms with Crippen LogP contribution in [0.3, 0.4) is 0 Å². The van der Waals surface area contributed by atoms with Gasteiger partial charge in [-0.25, -0.2) is 0 Å². The van der Waals surface area contributed by atoms with Gasteiger partial charge in [-0.3, -0.25) is 9.79 Å². The Morgan fingerprint density at radius 1 is 1.18 bits per heavy atom. The van der Waals surface area contributed by atoms with Gasteiger partial charge in [0.15, 0.2) is 11.7 Å². The lowest BCUT2D eigenvalue weighted by atomic mass is 9.58. The van der Waals surface area contributed by atoms with Gasteiger partial charge in [-0.05, 0) is 112 Å². The van der Waals surface area contributed by atoms with Gasteiger partial charge in [0.25, 0.3) is 0 Å². The van der Waals surface area contributed by atoms with Crippen LogP contribution in [0.5, 0.6) is 5.75 Å². The molecule has 2 saturated carbocycles. The molecule has 1 spiro atoms. The number of ketones is 1. The number of thiophene rings is 2. The molecule has 1 aliphatic heterocycles. The molecule has 2 fully saturated rings. The summed E-state index contributed by atoms with van der Waals surface area (Å²) in [6.07, 6.45) is 10.2. The molecular weight excluding hydrogens is 649 g/mol. The summed E-state index contributed by atoms with van der Waals surface area (Å²) in [5.74, 6) is 14.6. The number of carbonyl (C=O) groups excluding carboxylic acids is 1. The van der Waals surface area contributed by atoms with Gasteiger partial charge in [-0.2, -0.15) is 0 Å². The van der Waals surface area contributed by atoms with E-state index in [1.54, 1.807) is 36.6 Å². The van der Waals surface area contributed by atoms with Crippen molar-refractivity contribution in [1.29, 1.82) is 0 Å². The third-order valence-electron chi connectivity index (χ3n) is 11.2. The van der Waals surface area contributed by atoms with Crippen molar-refractivity contribution in [2.75, 3.05) is 12.4 Å². The molecule has 3 bridgehead atoms. The smallest absolute Gasteiger partial charge is 0.188 e. The Labute approximate surface area is 297 Å². The highest BCUT2D eigenvalue weighted by molar-refractivity contribution is 7.23. The standard InChI is InChI=1S/C40H44N4O3S2/c1-4-6-27-10-14-34(48-27)35-15-16-36(49-35)38(47)30-12-9-25-22-40(30)18-17-24(21-40)7-5-8-28-26(19-32(25)44-39(41)42-3)20-33(46)29-11-13-31(23(2)45)43-37(28)29/h10-11,13-16,20,23-25,30-32,43,45-46H,7,9,12,17-19,21-22H2,1-3H3,(H3,41,42,44)/t23-,24-,25+,30-,31-,32+,40+/m0/s1. The lowest BCUT2D eigenvalue weighted by molar-refractivity contribution is 0.0390. The average Bonchev–Trinajstić information content (AvgIpc) is 3.86. The first kappa shape index (κ1) is 33.5. The number of nitrogens with one attached hydrogen (secondary N) is 2. The van der Waals surface area contributed by atoms with Gasteiger partial charge in [0.05, 0.1) is 33.2 Å². The maximum Gasteiger partial charge on any atom is 0.188 e. The fourth-order valence-corrected chi connectivity index (χ4v) is 10.8. The summed E-state index contributed by atoms with van der Waals surface area (Å²) in [6, 6.07) is 9.79. The van der Waals surface area contributed by atoms with Crippen LogP contribution in [0, 0.1) is 46.9 Å². The zero-order valence-electron chi connectivity index (χ0n) is 28.3. The number of aliphatic imine (C=N–C) groups is 1. The number of Topliss-reactive ketones (excluding diaryl/α,β-unsaturated/α-hetero) is 1. The number of rotatable bonds is 5. The number of nitrogens with zero attached hydrogens (tertiary/aromatic N) is 1. The Morgan fingerprint density at radius 2 is 2.00 bits per heavy atom. The molecule has 0 radical (unpaired) electrons. The molecule has 3 aliphatic carbocycles. The second kappa shape index (κ2) is 13.7. The molecular formula is C40H44N4O3S2. The maximum atomic E-state index is 14.5. The van der Waals surface area contributed by atoms with E-state index in [1.807, 2.05) is 31.2 Å². The largest absolute Gasteiger partial charge is 0.507 e. The lowest BCUT2D eigenvalue weighted by Crippen LogP contribution is -2.50. The van der Waals surface area contributed by atoms with E-state index in [-0.39, 0.29) is 40.9 Å². The Kier molecular flexibility index (Phi) is 9.37. The Hall–Kier alpha value is -4.02. The molecule has 0 saturated heterocycles. The topological polar surface area (TPSA) is 120 Å². The average molecular weight is 693 g/mol. The summed E-state index contributed by atoms with van der Waals surface area (Å²) in [7, 11) is 1.69. The number of benzene rings is 1. The van der Waals surface area contributed by atoms with E-state index in [9.17, 15) is 15.0 Å². The van der Waals surface area contributed by atoms with E-state index in [4.69, 9.17) is 5.73 Å². The lowest BCUT2D eigenvalue weighted by Gasteiger charge is -2.47. The number of hydrogen-bond donors (Lipinski definition) is 5. The Bertz CT molecular complexity index is 1950. The Morgan fingerprint density at radius 3 is 2.80 bits per heavy atom. The molecule has 3 heterocycles. The van der Waals surface area contributed by atoms with Crippen LogP contribution < -0.4 is 16.4 Å². The molecule has 0 amide bonds. The molecule has 254 valence electrons. The van der Waals surface area contributed by atoms with Gasteiger partial charge in [0.1, 0.15) is 5.75 Å². The SMILES string of the molecule is CC#Cc1ccc(-c2ccc(C(=O)[C@@H]3CC[C@@H]4C[C@]35CC[C@H](CC#Cc3c(cc(O)c6c3N[C@H]([C@H](C)O)C=C6)C[C@H]4NC(N)=NC)C5)s2)s1. The molecule has 49 heavy (non-hydrogen) atoms. The highest BCUT2D eigenvalue weighted by Gasteiger charge is 2.52. The second-order valence-electron chi connectivity index (χ2n) is 14.2. The van der Waals surface area contributed by atoms with Crippen molar-refractivity contribution in [2.45, 2.75) is 83.4 Å². The predicted octanol–water partition coefficient (Wildman–Crippen LogP) is 7.03. The van der Waals surface area contributed by atoms with E-state index >= 15 is 0 Å². The fraction of sp³-hybridized carbons (Fsp3) is 0.450. The molecule has 3 aromatic rings. The second-order valence-corrected chi connectivity index (χ2v) is 16.4.